The molecule has 1 aromatic heterocycles. The summed E-state index contributed by atoms with van der Waals surface area (Å²) in [5.41, 5.74) is -1.19. The van der Waals surface area contributed by atoms with E-state index in [0.29, 0.717) is 31.3 Å². The van der Waals surface area contributed by atoms with Crippen molar-refractivity contribution in [2.24, 2.45) is 0 Å². The lowest BCUT2D eigenvalue weighted by molar-refractivity contribution is -0.168. The van der Waals surface area contributed by atoms with E-state index in [1.807, 2.05) is 0 Å². The van der Waals surface area contributed by atoms with Gasteiger partial charge >= 0.3 is 5.97 Å². The number of likely N-dealkylation sites (tertiary alicyclic amines) is 1. The van der Waals surface area contributed by atoms with Gasteiger partial charge in [0.1, 0.15) is 6.10 Å². The molecule has 2 heterocycles. The van der Waals surface area contributed by atoms with Crippen LogP contribution in [0.25, 0.3) is 0 Å². The molecule has 1 aliphatic rings. The first-order chi connectivity index (χ1) is 10.8. The third-order valence-electron chi connectivity index (χ3n) is 3.45. The Balaban J connectivity index is 1.98. The lowest BCUT2D eigenvalue weighted by Crippen LogP contribution is -2.47. The van der Waals surface area contributed by atoms with E-state index in [1.54, 1.807) is 18.7 Å². The van der Waals surface area contributed by atoms with Crippen molar-refractivity contribution in [3.63, 3.8) is 0 Å². The van der Waals surface area contributed by atoms with Crippen molar-refractivity contribution >= 4 is 11.9 Å². The molecule has 0 aliphatic carbocycles. The third kappa shape index (κ3) is 4.08. The minimum absolute atomic E-state index is 0.210. The molecule has 0 spiro atoms. The van der Waals surface area contributed by atoms with Crippen LogP contribution in [0.2, 0.25) is 0 Å². The Kier molecular flexibility index (Phi) is 5.02. The molecule has 0 radical (unpaired) electrons. The van der Waals surface area contributed by atoms with Crippen LogP contribution in [-0.4, -0.2) is 58.6 Å². The van der Waals surface area contributed by atoms with Gasteiger partial charge in [0.2, 0.25) is 0 Å². The van der Waals surface area contributed by atoms with Crippen LogP contribution < -0.4 is 9.47 Å². The Labute approximate surface area is 134 Å². The van der Waals surface area contributed by atoms with Crippen LogP contribution in [-0.2, 0) is 14.3 Å². The van der Waals surface area contributed by atoms with Gasteiger partial charge in [-0.25, -0.2) is 9.97 Å². The summed E-state index contributed by atoms with van der Waals surface area (Å²) in [6.45, 7) is 5.36. The molecule has 1 unspecified atom stereocenters. The van der Waals surface area contributed by atoms with Gasteiger partial charge < -0.3 is 19.1 Å². The summed E-state index contributed by atoms with van der Waals surface area (Å²) in [5.74, 6) is -0.129. The number of aromatic nitrogens is 2. The average Bonchev–Trinajstić information content (AvgIpc) is 2.94. The predicted octanol–water partition coefficient (Wildman–Crippen LogP) is 0.807. The quantitative estimate of drug-likeness (QED) is 0.740. The van der Waals surface area contributed by atoms with Crippen molar-refractivity contribution in [2.75, 3.05) is 20.2 Å². The molecule has 1 atom stereocenters. The van der Waals surface area contributed by atoms with Crippen molar-refractivity contribution in [1.82, 2.24) is 14.9 Å². The maximum absolute atomic E-state index is 12.5. The molecule has 8 heteroatoms. The highest BCUT2D eigenvalue weighted by Crippen LogP contribution is 2.25. The Morgan fingerprint density at radius 2 is 1.91 bits per heavy atom. The zero-order valence-corrected chi connectivity index (χ0v) is 13.7. The number of amides is 1. The van der Waals surface area contributed by atoms with Gasteiger partial charge in [0.05, 0.1) is 13.7 Å². The Hall–Kier alpha value is -2.38. The maximum Gasteiger partial charge on any atom is 0.303 e. The topological polar surface area (TPSA) is 90.9 Å². The molecule has 0 aromatic carbocycles. The second kappa shape index (κ2) is 6.80. The minimum Gasteiger partial charge on any atom is -0.477 e. The van der Waals surface area contributed by atoms with Crippen molar-refractivity contribution in [2.45, 2.75) is 38.9 Å². The van der Waals surface area contributed by atoms with Gasteiger partial charge in [-0.1, -0.05) is 0 Å². The van der Waals surface area contributed by atoms with Crippen LogP contribution in [0.4, 0.5) is 0 Å². The lowest BCUT2D eigenvalue weighted by Gasteiger charge is -2.28. The van der Waals surface area contributed by atoms with Crippen molar-refractivity contribution < 1.29 is 23.8 Å². The highest BCUT2D eigenvalue weighted by Gasteiger charge is 2.39. The van der Waals surface area contributed by atoms with Gasteiger partial charge in [-0.3, -0.25) is 9.59 Å². The number of nitrogens with zero attached hydrogens (tertiary/aromatic N) is 3. The van der Waals surface area contributed by atoms with E-state index in [1.165, 1.54) is 26.4 Å². The molecule has 126 valence electrons. The van der Waals surface area contributed by atoms with Crippen LogP contribution in [0.5, 0.6) is 11.8 Å². The average molecular weight is 323 g/mol. The van der Waals surface area contributed by atoms with Crippen molar-refractivity contribution in [1.29, 1.82) is 0 Å². The number of methoxy groups -OCH3 is 1. The molecule has 1 fully saturated rings. The summed E-state index contributed by atoms with van der Waals surface area (Å²) < 4.78 is 16.0. The molecule has 0 saturated carbocycles. The van der Waals surface area contributed by atoms with E-state index in [0.717, 1.165) is 0 Å². The summed E-state index contributed by atoms with van der Waals surface area (Å²) in [5, 5.41) is 0. The summed E-state index contributed by atoms with van der Waals surface area (Å²) in [6.07, 6.45) is 3.47. The number of carbonyl (C=O) groups is 2. The lowest BCUT2D eigenvalue weighted by atomic mass is 10.1. The highest BCUT2D eigenvalue weighted by molar-refractivity contribution is 5.87. The van der Waals surface area contributed by atoms with E-state index in [4.69, 9.17) is 14.2 Å². The van der Waals surface area contributed by atoms with Gasteiger partial charge in [0.25, 0.3) is 17.7 Å². The molecule has 0 bridgehead atoms. The summed E-state index contributed by atoms with van der Waals surface area (Å²) in [4.78, 5) is 33.3. The second-order valence-electron chi connectivity index (χ2n) is 5.75. The van der Waals surface area contributed by atoms with Gasteiger partial charge in [-0.2, -0.15) is 0 Å². The third-order valence-corrected chi connectivity index (χ3v) is 3.45. The van der Waals surface area contributed by atoms with E-state index < -0.39 is 11.6 Å². The fourth-order valence-corrected chi connectivity index (χ4v) is 2.48. The number of ether oxygens (including phenoxy) is 3. The van der Waals surface area contributed by atoms with Crippen LogP contribution in [0, 0.1) is 0 Å². The molecule has 1 saturated heterocycles. The molecular formula is C15H21N3O5. The van der Waals surface area contributed by atoms with Gasteiger partial charge in [0.15, 0.2) is 5.60 Å². The zero-order chi connectivity index (χ0) is 17.0. The maximum atomic E-state index is 12.5. The van der Waals surface area contributed by atoms with Crippen LogP contribution in [0.3, 0.4) is 0 Å². The number of carbonyl (C=O) groups excluding carboxylic acids is 2. The van der Waals surface area contributed by atoms with E-state index in [2.05, 4.69) is 9.97 Å². The largest absolute Gasteiger partial charge is 0.477 e. The van der Waals surface area contributed by atoms with Crippen LogP contribution >= 0.6 is 0 Å². The fourth-order valence-electron chi connectivity index (χ4n) is 2.48. The monoisotopic (exact) mass is 323 g/mol. The molecule has 8 nitrogen and oxygen atoms in total. The summed E-state index contributed by atoms with van der Waals surface area (Å²) in [7, 11) is 1.49. The Morgan fingerprint density at radius 3 is 2.52 bits per heavy atom. The summed E-state index contributed by atoms with van der Waals surface area (Å²) >= 11 is 0. The molecule has 1 aromatic rings. The Bertz CT molecular complexity index is 590. The van der Waals surface area contributed by atoms with Crippen LogP contribution in [0.15, 0.2) is 12.4 Å². The van der Waals surface area contributed by atoms with Crippen LogP contribution in [0.1, 0.15) is 27.2 Å². The number of rotatable bonds is 5. The molecule has 1 amide bonds. The number of esters is 1. The number of hydrogen-bond acceptors (Lipinski definition) is 7. The first-order valence-electron chi connectivity index (χ1n) is 7.34. The van der Waals surface area contributed by atoms with E-state index >= 15 is 0 Å². The number of hydrogen-bond donors (Lipinski definition) is 0. The standard InChI is InChI=1S/C15H21N3O5/c1-10(19)23-15(2,3)14(20)18-8-5-11(9-18)22-13-12(21-4)16-6-7-17-13/h6-7,11H,5,8-9H2,1-4H3. The summed E-state index contributed by atoms with van der Waals surface area (Å²) in [6, 6.07) is 0. The van der Waals surface area contributed by atoms with Gasteiger partial charge in [-0.05, 0) is 13.8 Å². The van der Waals surface area contributed by atoms with Gasteiger partial charge in [-0.15, -0.1) is 0 Å². The zero-order valence-electron chi connectivity index (χ0n) is 13.7. The molecule has 23 heavy (non-hydrogen) atoms. The first-order valence-corrected chi connectivity index (χ1v) is 7.34. The fraction of sp³-hybridized carbons (Fsp3) is 0.600. The highest BCUT2D eigenvalue weighted by atomic mass is 16.6. The molecule has 1 aliphatic heterocycles. The second-order valence-corrected chi connectivity index (χ2v) is 5.75. The normalized spacial score (nSPS) is 17.7. The van der Waals surface area contributed by atoms with E-state index in [-0.39, 0.29) is 12.0 Å². The SMILES string of the molecule is COc1nccnc1OC1CCN(C(=O)C(C)(C)OC(C)=O)C1. The smallest absolute Gasteiger partial charge is 0.303 e. The minimum atomic E-state index is -1.19. The molecular weight excluding hydrogens is 302 g/mol. The molecule has 2 rings (SSSR count). The predicted molar refractivity (Wildman–Crippen MR) is 80.0 cm³/mol. The van der Waals surface area contributed by atoms with Crippen molar-refractivity contribution in [3.05, 3.63) is 12.4 Å². The van der Waals surface area contributed by atoms with E-state index in [9.17, 15) is 9.59 Å². The van der Waals surface area contributed by atoms with Gasteiger partial charge in [0, 0.05) is 32.3 Å². The first kappa shape index (κ1) is 17.0. The van der Waals surface area contributed by atoms with Crippen molar-refractivity contribution in [3.8, 4) is 11.8 Å². The Morgan fingerprint density at radius 1 is 1.26 bits per heavy atom. The molecule has 0 N–H and O–H groups in total.